The molecule has 0 spiro atoms. The highest BCUT2D eigenvalue weighted by Gasteiger charge is 2.42. The average Bonchev–Trinajstić information content (AvgIpc) is 2.98. The van der Waals surface area contributed by atoms with Crippen molar-refractivity contribution >= 4 is 45.5 Å². The lowest BCUT2D eigenvalue weighted by atomic mass is 9.81. The molecular weight excluding hydrogens is 534 g/mol. The first-order valence-electron chi connectivity index (χ1n) is 13.2. The fourth-order valence-corrected chi connectivity index (χ4v) is 7.73. The van der Waals surface area contributed by atoms with Gasteiger partial charge in [-0.1, -0.05) is 47.5 Å². The fraction of sp³-hybridized carbons (Fsp3) is 0.467. The SMILES string of the molecule is CCCCC1(CC)CN(c2ccc(C(=O)C(C)(C)C)cc2)c2cc(SC)c(O/C=C/C(=O)O)cc2S(O)(O)C1. The fourth-order valence-electron chi connectivity index (χ4n) is 4.94. The molecule has 9 heteroatoms. The number of unbranched alkanes of at least 4 members (excludes halogenated alkanes) is 1. The summed E-state index contributed by atoms with van der Waals surface area (Å²) in [5.41, 5.74) is 1.33. The number of Topliss-reactive ketones (excluding diaryl/α,β-unsaturated/α-hetero) is 1. The van der Waals surface area contributed by atoms with E-state index >= 15 is 0 Å². The maximum atomic E-state index is 12.9. The smallest absolute Gasteiger partial charge is 0.331 e. The molecule has 1 aliphatic heterocycles. The Hall–Kier alpha value is -2.46. The third kappa shape index (κ3) is 7.20. The summed E-state index contributed by atoms with van der Waals surface area (Å²) in [7, 11) is -3.22. The van der Waals surface area contributed by atoms with Crippen LogP contribution < -0.4 is 9.64 Å². The molecule has 0 saturated heterocycles. The van der Waals surface area contributed by atoms with Crippen molar-refractivity contribution in [3.63, 3.8) is 0 Å². The number of carbonyl (C=O) groups excluding carboxylic acids is 1. The number of fused-ring (bicyclic) bond motifs is 1. The summed E-state index contributed by atoms with van der Waals surface area (Å²) in [6.45, 7) is 10.5. The highest BCUT2D eigenvalue weighted by molar-refractivity contribution is 8.24. The molecule has 1 unspecified atom stereocenters. The first kappa shape index (κ1) is 31.1. The number of hydrogen-bond donors (Lipinski definition) is 3. The van der Waals surface area contributed by atoms with Crippen LogP contribution in [0.3, 0.4) is 0 Å². The number of hydrogen-bond acceptors (Lipinski definition) is 7. The van der Waals surface area contributed by atoms with Gasteiger partial charge in [0.1, 0.15) is 5.75 Å². The van der Waals surface area contributed by atoms with E-state index in [4.69, 9.17) is 9.84 Å². The normalized spacial score (nSPS) is 19.8. The predicted octanol–water partition coefficient (Wildman–Crippen LogP) is 8.46. The van der Waals surface area contributed by atoms with Gasteiger partial charge in [-0.25, -0.2) is 4.79 Å². The van der Waals surface area contributed by atoms with E-state index in [0.29, 0.717) is 28.4 Å². The Balaban J connectivity index is 2.21. The molecule has 0 saturated carbocycles. The topological polar surface area (TPSA) is 107 Å². The van der Waals surface area contributed by atoms with Gasteiger partial charge in [-0.3, -0.25) is 13.9 Å². The zero-order chi connectivity index (χ0) is 29.0. The van der Waals surface area contributed by atoms with Crippen LogP contribution in [0.2, 0.25) is 0 Å². The van der Waals surface area contributed by atoms with E-state index in [9.17, 15) is 18.7 Å². The summed E-state index contributed by atoms with van der Waals surface area (Å²) in [6.07, 6.45) is 7.47. The van der Waals surface area contributed by atoms with Gasteiger partial charge in [0.25, 0.3) is 0 Å². The average molecular weight is 576 g/mol. The molecule has 0 amide bonds. The third-order valence-corrected chi connectivity index (χ3v) is 10.0. The van der Waals surface area contributed by atoms with Crippen molar-refractivity contribution < 1.29 is 28.5 Å². The number of ketones is 1. The van der Waals surface area contributed by atoms with Gasteiger partial charge in [0.05, 0.1) is 27.8 Å². The lowest BCUT2D eigenvalue weighted by Crippen LogP contribution is -2.37. The maximum Gasteiger partial charge on any atom is 0.331 e. The molecular formula is C30H41NO6S2. The van der Waals surface area contributed by atoms with Gasteiger partial charge in [0, 0.05) is 40.4 Å². The van der Waals surface area contributed by atoms with E-state index in [-0.39, 0.29) is 17.0 Å². The lowest BCUT2D eigenvalue weighted by Gasteiger charge is -2.41. The molecule has 0 bridgehead atoms. The molecule has 2 aromatic carbocycles. The van der Waals surface area contributed by atoms with Crippen LogP contribution in [0.4, 0.5) is 11.4 Å². The minimum absolute atomic E-state index is 0.0613. The second-order valence-electron chi connectivity index (χ2n) is 11.2. The van der Waals surface area contributed by atoms with Gasteiger partial charge in [0.2, 0.25) is 0 Å². The number of thioether (sulfide) groups is 1. The summed E-state index contributed by atoms with van der Waals surface area (Å²) >= 11 is 1.43. The van der Waals surface area contributed by atoms with Crippen LogP contribution in [-0.2, 0) is 4.79 Å². The Bertz CT molecular complexity index is 1220. The molecule has 1 heterocycles. The molecule has 0 radical (unpaired) electrons. The van der Waals surface area contributed by atoms with Crippen LogP contribution in [0.1, 0.15) is 70.7 Å². The number of carboxylic acid groups (broad SMARTS) is 1. The van der Waals surface area contributed by atoms with Crippen LogP contribution in [-0.4, -0.2) is 44.5 Å². The zero-order valence-electron chi connectivity index (χ0n) is 23.7. The summed E-state index contributed by atoms with van der Waals surface area (Å²) in [5, 5.41) is 8.97. The Morgan fingerprint density at radius 1 is 1.15 bits per heavy atom. The highest BCUT2D eigenvalue weighted by atomic mass is 32.3. The van der Waals surface area contributed by atoms with E-state index in [1.165, 1.54) is 11.8 Å². The van der Waals surface area contributed by atoms with Crippen molar-refractivity contribution in [1.29, 1.82) is 0 Å². The van der Waals surface area contributed by atoms with Crippen molar-refractivity contribution in [1.82, 2.24) is 0 Å². The molecule has 214 valence electrons. The summed E-state index contributed by atoms with van der Waals surface area (Å²) in [5.74, 6) is -0.486. The van der Waals surface area contributed by atoms with Crippen LogP contribution >= 0.6 is 22.4 Å². The van der Waals surface area contributed by atoms with E-state index in [0.717, 1.165) is 48.6 Å². The third-order valence-electron chi connectivity index (χ3n) is 7.23. The molecule has 0 aliphatic carbocycles. The molecule has 1 atom stereocenters. The number of rotatable bonds is 10. The molecule has 0 fully saturated rings. The van der Waals surface area contributed by atoms with E-state index < -0.39 is 22.0 Å². The zero-order valence-corrected chi connectivity index (χ0v) is 25.3. The summed E-state index contributed by atoms with van der Waals surface area (Å²) in [6, 6.07) is 11.1. The largest absolute Gasteiger partial charge is 0.478 e. The summed E-state index contributed by atoms with van der Waals surface area (Å²) in [4.78, 5) is 27.1. The van der Waals surface area contributed by atoms with Gasteiger partial charge in [-0.15, -0.1) is 11.8 Å². The molecule has 1 aliphatic rings. The minimum atomic E-state index is -3.22. The number of carbonyl (C=O) groups is 2. The standard InChI is InChI=1S/C30H41NO6S2/c1-7-9-15-30(8-2)19-31(22-12-10-21(11-13-22)28(34)29(3,4)5)23-17-25(38-6)24(37-16-14-27(32)33)18-26(23)39(35,36)20-30/h10-14,16-18,35-36H,7-9,15,19-20H2,1-6H3,(H,32,33)/b16-14+. The number of ether oxygens (including phenoxy) is 1. The van der Waals surface area contributed by atoms with E-state index in [1.54, 1.807) is 6.07 Å². The molecule has 3 N–H and O–H groups in total. The van der Waals surface area contributed by atoms with E-state index in [2.05, 4.69) is 18.7 Å². The summed E-state index contributed by atoms with van der Waals surface area (Å²) < 4.78 is 28.9. The number of benzene rings is 2. The van der Waals surface area contributed by atoms with Crippen LogP contribution in [0.5, 0.6) is 5.75 Å². The Morgan fingerprint density at radius 2 is 1.82 bits per heavy atom. The molecule has 2 aromatic rings. The Kier molecular flexibility index (Phi) is 9.86. The number of carboxylic acids is 1. The van der Waals surface area contributed by atoms with E-state index in [1.807, 2.05) is 57.4 Å². The van der Waals surface area contributed by atoms with Crippen LogP contribution in [0, 0.1) is 10.8 Å². The maximum absolute atomic E-state index is 12.9. The van der Waals surface area contributed by atoms with Crippen molar-refractivity contribution in [2.75, 3.05) is 23.5 Å². The Labute approximate surface area is 238 Å². The van der Waals surface area contributed by atoms with Crippen molar-refractivity contribution in [2.24, 2.45) is 10.8 Å². The number of aliphatic carboxylic acids is 1. The molecule has 39 heavy (non-hydrogen) atoms. The molecule has 0 aromatic heterocycles. The van der Waals surface area contributed by atoms with Crippen LogP contribution in [0.15, 0.2) is 58.5 Å². The van der Waals surface area contributed by atoms with Gasteiger partial charge < -0.3 is 14.7 Å². The molecule has 7 nitrogen and oxygen atoms in total. The second kappa shape index (κ2) is 12.4. The van der Waals surface area contributed by atoms with Gasteiger partial charge in [-0.2, -0.15) is 10.6 Å². The quantitative estimate of drug-likeness (QED) is 0.112. The highest BCUT2D eigenvalue weighted by Crippen LogP contribution is 2.62. The number of anilines is 2. The van der Waals surface area contributed by atoms with Crippen molar-refractivity contribution in [3.8, 4) is 5.75 Å². The van der Waals surface area contributed by atoms with Crippen molar-refractivity contribution in [3.05, 3.63) is 54.3 Å². The van der Waals surface area contributed by atoms with Crippen LogP contribution in [0.25, 0.3) is 0 Å². The monoisotopic (exact) mass is 575 g/mol. The first-order chi connectivity index (χ1) is 18.3. The van der Waals surface area contributed by atoms with Gasteiger partial charge >= 0.3 is 5.97 Å². The second-order valence-corrected chi connectivity index (χ2v) is 14.1. The lowest BCUT2D eigenvalue weighted by molar-refractivity contribution is -0.131. The Morgan fingerprint density at radius 3 is 2.36 bits per heavy atom. The number of nitrogens with zero attached hydrogens (tertiary/aromatic N) is 1. The van der Waals surface area contributed by atoms with Crippen molar-refractivity contribution in [2.45, 2.75) is 70.1 Å². The molecule has 3 rings (SSSR count). The van der Waals surface area contributed by atoms with Gasteiger partial charge in [-0.05, 0) is 49.4 Å². The first-order valence-corrected chi connectivity index (χ1v) is 16.2. The predicted molar refractivity (Wildman–Crippen MR) is 161 cm³/mol. The van der Waals surface area contributed by atoms with Gasteiger partial charge in [0.15, 0.2) is 5.78 Å². The minimum Gasteiger partial charge on any atom is -0.478 e.